The monoisotopic (exact) mass is 419 g/mol. The van der Waals surface area contributed by atoms with Crippen LogP contribution in [0.15, 0.2) is 67.3 Å². The molecule has 0 fully saturated rings. The van der Waals surface area contributed by atoms with Crippen molar-refractivity contribution in [3.63, 3.8) is 0 Å². The van der Waals surface area contributed by atoms with E-state index in [4.69, 9.17) is 19.6 Å². The molecule has 2 aromatic heterocycles. The molecular formula is C24H25N3O4. The van der Waals surface area contributed by atoms with Crippen molar-refractivity contribution in [2.45, 2.75) is 26.5 Å². The highest BCUT2D eigenvalue weighted by Gasteiger charge is 2.12. The molecule has 0 spiro atoms. The second kappa shape index (κ2) is 10.9. The van der Waals surface area contributed by atoms with Gasteiger partial charge in [0.1, 0.15) is 5.75 Å². The van der Waals surface area contributed by atoms with Gasteiger partial charge in [0.05, 0.1) is 30.8 Å². The number of aryl methyl sites for hydroxylation is 2. The molecule has 0 radical (unpaired) electrons. The van der Waals surface area contributed by atoms with E-state index >= 15 is 0 Å². The third-order valence-corrected chi connectivity index (χ3v) is 4.84. The Bertz CT molecular complexity index is 1130. The van der Waals surface area contributed by atoms with Crippen LogP contribution in [0.5, 0.6) is 5.75 Å². The summed E-state index contributed by atoms with van der Waals surface area (Å²) in [5, 5.41) is 17.6. The number of pyridine rings is 1. The summed E-state index contributed by atoms with van der Waals surface area (Å²) in [4.78, 5) is 17.3. The van der Waals surface area contributed by atoms with E-state index in [-0.39, 0.29) is 13.1 Å². The fourth-order valence-corrected chi connectivity index (χ4v) is 3.40. The van der Waals surface area contributed by atoms with Gasteiger partial charge in [-0.1, -0.05) is 30.3 Å². The number of nitrogens with zero attached hydrogens (tertiary/aromatic N) is 3. The molecule has 0 aliphatic rings. The van der Waals surface area contributed by atoms with Gasteiger partial charge in [0, 0.05) is 35.5 Å². The number of hydrogen-bond donors (Lipinski definition) is 2. The molecule has 4 rings (SSSR count). The zero-order chi connectivity index (χ0) is 22.1. The highest BCUT2D eigenvalue weighted by atomic mass is 16.5. The van der Waals surface area contributed by atoms with Crippen molar-refractivity contribution in [1.82, 2.24) is 14.5 Å². The van der Waals surface area contributed by atoms with Crippen molar-refractivity contribution in [3.8, 4) is 17.0 Å². The van der Waals surface area contributed by atoms with Crippen molar-refractivity contribution in [2.75, 3.05) is 6.61 Å². The van der Waals surface area contributed by atoms with E-state index in [2.05, 4.69) is 18.0 Å². The van der Waals surface area contributed by atoms with Crippen LogP contribution in [0.3, 0.4) is 0 Å². The minimum Gasteiger partial charge on any atom is -0.493 e. The second-order valence-corrected chi connectivity index (χ2v) is 6.90. The van der Waals surface area contributed by atoms with Crippen LogP contribution in [-0.4, -0.2) is 37.8 Å². The lowest BCUT2D eigenvalue weighted by molar-refractivity contribution is -0.122. The zero-order valence-corrected chi connectivity index (χ0v) is 17.3. The predicted molar refractivity (Wildman–Crippen MR) is 119 cm³/mol. The van der Waals surface area contributed by atoms with E-state index in [0.29, 0.717) is 6.61 Å². The van der Waals surface area contributed by atoms with E-state index in [0.717, 1.165) is 52.0 Å². The fraction of sp³-hybridized carbons (Fsp3) is 0.208. The SMILES string of the molecule is Cc1cc(-c2ccccc2OCCCn2ccnc2)nc2c(CO)cccc12.O=CO. The number of imidazole rings is 1. The van der Waals surface area contributed by atoms with E-state index in [1.54, 1.807) is 6.20 Å². The topological polar surface area (TPSA) is 97.5 Å². The van der Waals surface area contributed by atoms with Crippen molar-refractivity contribution < 1.29 is 19.7 Å². The van der Waals surface area contributed by atoms with Crippen LogP contribution in [0.2, 0.25) is 0 Å². The number of aliphatic hydroxyl groups is 1. The molecule has 0 saturated carbocycles. The number of rotatable bonds is 7. The molecule has 4 aromatic rings. The predicted octanol–water partition coefficient (Wildman–Crippen LogP) is 4.07. The molecule has 160 valence electrons. The highest BCUT2D eigenvalue weighted by molar-refractivity contribution is 5.88. The Morgan fingerprint density at radius 1 is 1.16 bits per heavy atom. The van der Waals surface area contributed by atoms with Gasteiger partial charge in [-0.3, -0.25) is 4.79 Å². The average Bonchev–Trinajstić information content (AvgIpc) is 3.31. The normalized spacial score (nSPS) is 10.4. The molecule has 0 aliphatic heterocycles. The van der Waals surface area contributed by atoms with Crippen LogP contribution in [-0.2, 0) is 17.9 Å². The van der Waals surface area contributed by atoms with Gasteiger partial charge < -0.3 is 19.5 Å². The summed E-state index contributed by atoms with van der Waals surface area (Å²) >= 11 is 0. The minimum absolute atomic E-state index is 0.0281. The van der Waals surface area contributed by atoms with E-state index in [1.165, 1.54) is 0 Å². The number of aliphatic hydroxyl groups excluding tert-OH is 1. The van der Waals surface area contributed by atoms with Gasteiger partial charge >= 0.3 is 0 Å². The molecule has 2 N–H and O–H groups in total. The maximum atomic E-state index is 9.69. The van der Waals surface area contributed by atoms with Gasteiger partial charge in [-0.2, -0.15) is 0 Å². The summed E-state index contributed by atoms with van der Waals surface area (Å²) in [6.07, 6.45) is 6.44. The minimum atomic E-state index is -0.250. The molecule has 2 heterocycles. The first-order chi connectivity index (χ1) is 15.2. The van der Waals surface area contributed by atoms with E-state index in [1.807, 2.05) is 59.6 Å². The first-order valence-corrected chi connectivity index (χ1v) is 9.93. The van der Waals surface area contributed by atoms with Gasteiger partial charge in [-0.05, 0) is 37.1 Å². The lowest BCUT2D eigenvalue weighted by Gasteiger charge is -2.14. The molecule has 7 nitrogen and oxygen atoms in total. The Balaban J connectivity index is 0.000000858. The molecule has 0 unspecified atom stereocenters. The molecule has 31 heavy (non-hydrogen) atoms. The van der Waals surface area contributed by atoms with Crippen LogP contribution >= 0.6 is 0 Å². The summed E-state index contributed by atoms with van der Waals surface area (Å²) in [5.41, 5.74) is 4.63. The smallest absolute Gasteiger partial charge is 0.290 e. The van der Waals surface area contributed by atoms with Crippen LogP contribution in [0, 0.1) is 6.92 Å². The van der Waals surface area contributed by atoms with Gasteiger partial charge in [0.15, 0.2) is 0 Å². The van der Waals surface area contributed by atoms with Gasteiger partial charge in [-0.15, -0.1) is 0 Å². The maximum Gasteiger partial charge on any atom is 0.290 e. The first kappa shape index (κ1) is 22.0. The fourth-order valence-electron chi connectivity index (χ4n) is 3.40. The van der Waals surface area contributed by atoms with Crippen molar-refractivity contribution in [2.24, 2.45) is 0 Å². The summed E-state index contributed by atoms with van der Waals surface area (Å²) < 4.78 is 8.12. The Hall–Kier alpha value is -3.71. The Kier molecular flexibility index (Phi) is 7.73. The molecule has 7 heteroatoms. The van der Waals surface area contributed by atoms with Crippen LogP contribution in [0.1, 0.15) is 17.5 Å². The molecule has 0 atom stereocenters. The lowest BCUT2D eigenvalue weighted by atomic mass is 10.0. The summed E-state index contributed by atoms with van der Waals surface area (Å²) in [7, 11) is 0. The number of carboxylic acid groups (broad SMARTS) is 1. The number of ether oxygens (including phenoxy) is 1. The second-order valence-electron chi connectivity index (χ2n) is 6.90. The van der Waals surface area contributed by atoms with Crippen LogP contribution < -0.4 is 4.74 Å². The van der Waals surface area contributed by atoms with Gasteiger partial charge in [-0.25, -0.2) is 9.97 Å². The van der Waals surface area contributed by atoms with E-state index < -0.39 is 0 Å². The summed E-state index contributed by atoms with van der Waals surface area (Å²) in [6, 6.07) is 16.0. The van der Waals surface area contributed by atoms with Crippen molar-refractivity contribution in [1.29, 1.82) is 0 Å². The Morgan fingerprint density at radius 2 is 1.97 bits per heavy atom. The third kappa shape index (κ3) is 5.46. The summed E-state index contributed by atoms with van der Waals surface area (Å²) in [5.74, 6) is 0.820. The molecule has 0 bridgehead atoms. The third-order valence-electron chi connectivity index (χ3n) is 4.84. The number of fused-ring (bicyclic) bond motifs is 1. The first-order valence-electron chi connectivity index (χ1n) is 9.93. The van der Waals surface area contributed by atoms with Crippen LogP contribution in [0.25, 0.3) is 22.2 Å². The maximum absolute atomic E-state index is 9.69. The van der Waals surface area contributed by atoms with Crippen LogP contribution in [0.4, 0.5) is 0 Å². The number of carbonyl (C=O) groups is 1. The van der Waals surface area contributed by atoms with Gasteiger partial charge in [0.2, 0.25) is 0 Å². The highest BCUT2D eigenvalue weighted by Crippen LogP contribution is 2.32. The lowest BCUT2D eigenvalue weighted by Crippen LogP contribution is -2.04. The molecule has 0 saturated heterocycles. The average molecular weight is 419 g/mol. The van der Waals surface area contributed by atoms with Crippen molar-refractivity contribution in [3.05, 3.63) is 78.4 Å². The van der Waals surface area contributed by atoms with Crippen molar-refractivity contribution >= 4 is 17.4 Å². The largest absolute Gasteiger partial charge is 0.493 e. The molecular weight excluding hydrogens is 394 g/mol. The molecule has 2 aromatic carbocycles. The zero-order valence-electron chi connectivity index (χ0n) is 17.3. The summed E-state index contributed by atoms with van der Waals surface area (Å²) in [6.45, 7) is 3.28. The number of para-hydroxylation sites is 2. The quantitative estimate of drug-likeness (QED) is 0.346. The standard InChI is InChI=1S/C23H23N3O2.CH2O2/c1-17-14-21(25-23-18(15-27)6-4-8-19(17)23)20-7-2-3-9-22(20)28-13-5-11-26-12-10-24-16-26;2-1-3/h2-4,6-10,12,14,16,27H,5,11,13,15H2,1H3;1H,(H,2,3). The molecule has 0 aliphatic carbocycles. The Labute approximate surface area is 180 Å². The number of aromatic nitrogens is 3. The van der Waals surface area contributed by atoms with Gasteiger partial charge in [0.25, 0.3) is 6.47 Å². The molecule has 0 amide bonds. The number of hydrogen-bond acceptors (Lipinski definition) is 5. The Morgan fingerprint density at radius 3 is 2.71 bits per heavy atom. The van der Waals surface area contributed by atoms with E-state index in [9.17, 15) is 5.11 Å². The number of benzene rings is 2.